The van der Waals surface area contributed by atoms with Crippen LogP contribution < -0.4 is 14.2 Å². The first-order valence-electron chi connectivity index (χ1n) is 14.6. The Balaban J connectivity index is 1.09. The Morgan fingerprint density at radius 1 is 0.561 bits per heavy atom. The number of nitrogens with zero attached hydrogens (tertiary/aromatic N) is 2. The smallest absolute Gasteiger partial charge is 0.127 e. The number of hydrogen-bond acceptors (Lipinski definition) is 5. The predicted octanol–water partition coefficient (Wildman–Crippen LogP) is 7.04. The highest BCUT2D eigenvalue weighted by molar-refractivity contribution is 5.42. The number of benzene rings is 4. The van der Waals surface area contributed by atoms with E-state index in [0.29, 0.717) is 12.1 Å². The molecule has 2 aliphatic heterocycles. The van der Waals surface area contributed by atoms with E-state index in [4.69, 9.17) is 14.2 Å². The second-order valence-corrected chi connectivity index (χ2v) is 11.4. The normalized spacial score (nSPS) is 18.8. The third kappa shape index (κ3) is 5.97. The monoisotopic (exact) mass is 548 g/mol. The molecule has 41 heavy (non-hydrogen) atoms. The van der Waals surface area contributed by atoms with Gasteiger partial charge in [0.2, 0.25) is 0 Å². The van der Waals surface area contributed by atoms with E-state index < -0.39 is 0 Å². The molecule has 5 heteroatoms. The van der Waals surface area contributed by atoms with E-state index in [1.165, 1.54) is 33.4 Å². The van der Waals surface area contributed by atoms with Gasteiger partial charge in [-0.15, -0.1) is 0 Å². The first-order valence-corrected chi connectivity index (χ1v) is 14.6. The Labute approximate surface area is 244 Å². The Morgan fingerprint density at radius 3 is 1.34 bits per heavy atom. The molecule has 0 spiro atoms. The van der Waals surface area contributed by atoms with Gasteiger partial charge in [0.25, 0.3) is 0 Å². The van der Waals surface area contributed by atoms with E-state index in [0.717, 1.165) is 61.8 Å². The van der Waals surface area contributed by atoms with Gasteiger partial charge in [0.1, 0.15) is 23.0 Å². The minimum atomic E-state index is 0.362. The first-order chi connectivity index (χ1) is 20.0. The highest BCUT2D eigenvalue weighted by Gasteiger charge is 2.26. The number of methoxy groups -OCH3 is 2. The van der Waals surface area contributed by atoms with Gasteiger partial charge >= 0.3 is 0 Å². The van der Waals surface area contributed by atoms with Crippen LogP contribution in [0.1, 0.15) is 45.5 Å². The second-order valence-electron chi connectivity index (χ2n) is 11.4. The molecule has 0 amide bonds. The summed E-state index contributed by atoms with van der Waals surface area (Å²) in [6, 6.07) is 30.9. The average Bonchev–Trinajstić information content (AvgIpc) is 3.01. The molecule has 0 radical (unpaired) electrons. The van der Waals surface area contributed by atoms with Crippen molar-refractivity contribution in [3.63, 3.8) is 0 Å². The predicted molar refractivity (Wildman–Crippen MR) is 165 cm³/mol. The lowest BCUT2D eigenvalue weighted by Crippen LogP contribution is -2.33. The van der Waals surface area contributed by atoms with Crippen LogP contribution in [0, 0.1) is 0 Å². The summed E-state index contributed by atoms with van der Waals surface area (Å²) in [5, 5.41) is 0. The molecule has 6 rings (SSSR count). The highest BCUT2D eigenvalue weighted by atomic mass is 16.5. The highest BCUT2D eigenvalue weighted by Crippen LogP contribution is 2.35. The van der Waals surface area contributed by atoms with Crippen molar-refractivity contribution in [3.05, 3.63) is 118 Å². The molecule has 0 aliphatic carbocycles. The summed E-state index contributed by atoms with van der Waals surface area (Å²) >= 11 is 0. The molecule has 5 nitrogen and oxygen atoms in total. The summed E-state index contributed by atoms with van der Waals surface area (Å²) in [5.74, 6) is 3.60. The van der Waals surface area contributed by atoms with Crippen LogP contribution >= 0.6 is 0 Å². The van der Waals surface area contributed by atoms with Crippen LogP contribution in [0.15, 0.2) is 84.9 Å². The Morgan fingerprint density at radius 2 is 0.951 bits per heavy atom. The Bertz CT molecular complexity index is 1370. The van der Waals surface area contributed by atoms with Crippen LogP contribution in [-0.4, -0.2) is 51.2 Å². The van der Waals surface area contributed by atoms with Crippen molar-refractivity contribution in [1.29, 1.82) is 0 Å². The minimum absolute atomic E-state index is 0.362. The van der Waals surface area contributed by atoms with Crippen molar-refractivity contribution >= 4 is 0 Å². The fourth-order valence-electron chi connectivity index (χ4n) is 6.38. The zero-order valence-corrected chi connectivity index (χ0v) is 24.6. The van der Waals surface area contributed by atoms with Gasteiger partial charge in [-0.05, 0) is 122 Å². The van der Waals surface area contributed by atoms with Gasteiger partial charge < -0.3 is 14.2 Å². The maximum Gasteiger partial charge on any atom is 0.127 e. The molecule has 2 unspecified atom stereocenters. The summed E-state index contributed by atoms with van der Waals surface area (Å²) in [6.45, 7) is 2.11. The molecule has 0 bridgehead atoms. The van der Waals surface area contributed by atoms with Gasteiger partial charge in [0.15, 0.2) is 0 Å². The molecule has 0 N–H and O–H groups in total. The van der Waals surface area contributed by atoms with Crippen LogP contribution in [0.5, 0.6) is 23.0 Å². The lowest BCUT2D eigenvalue weighted by molar-refractivity contribution is 0.229. The van der Waals surface area contributed by atoms with Crippen LogP contribution in [0.3, 0.4) is 0 Å². The van der Waals surface area contributed by atoms with Crippen molar-refractivity contribution in [2.24, 2.45) is 0 Å². The van der Waals surface area contributed by atoms with E-state index in [2.05, 4.69) is 109 Å². The summed E-state index contributed by atoms with van der Waals surface area (Å²) in [5.41, 5.74) is 8.22. The van der Waals surface area contributed by atoms with Crippen LogP contribution in [-0.2, 0) is 25.7 Å². The van der Waals surface area contributed by atoms with E-state index in [-0.39, 0.29) is 0 Å². The Hall–Kier alpha value is -3.80. The molecule has 4 aromatic rings. The number of fused-ring (bicyclic) bond motifs is 2. The van der Waals surface area contributed by atoms with E-state index in [1.807, 2.05) is 0 Å². The van der Waals surface area contributed by atoms with Crippen LogP contribution in [0.2, 0.25) is 0 Å². The topological polar surface area (TPSA) is 34.2 Å². The van der Waals surface area contributed by atoms with Gasteiger partial charge in [-0.1, -0.05) is 36.4 Å². The second kappa shape index (κ2) is 12.0. The molecular formula is C36H40N2O3. The molecule has 212 valence electrons. The van der Waals surface area contributed by atoms with Crippen molar-refractivity contribution in [2.75, 3.05) is 41.4 Å². The quantitative estimate of drug-likeness (QED) is 0.236. The molecule has 0 saturated heterocycles. The fraction of sp³-hybridized carbons (Fsp3) is 0.333. The SMILES string of the molecule is COc1ccc2c(c1)CCN(C)C2Cc1ccc(Oc2ccc(CC3c4ccc(OC)cc4CCN3C)cc2)cc1. The van der Waals surface area contributed by atoms with E-state index >= 15 is 0 Å². The molecule has 2 heterocycles. The third-order valence-corrected chi connectivity index (χ3v) is 8.89. The summed E-state index contributed by atoms with van der Waals surface area (Å²) in [7, 11) is 7.92. The van der Waals surface area contributed by atoms with Crippen LogP contribution in [0.25, 0.3) is 0 Å². The molecule has 0 aromatic heterocycles. The lowest BCUT2D eigenvalue weighted by atomic mass is 9.89. The van der Waals surface area contributed by atoms with Gasteiger partial charge in [0.05, 0.1) is 14.2 Å². The van der Waals surface area contributed by atoms with Gasteiger partial charge in [-0.2, -0.15) is 0 Å². The summed E-state index contributed by atoms with van der Waals surface area (Å²) in [6.07, 6.45) is 4.06. The average molecular weight is 549 g/mol. The number of hydrogen-bond donors (Lipinski definition) is 0. The molecule has 2 aliphatic rings. The fourth-order valence-corrected chi connectivity index (χ4v) is 6.38. The number of ether oxygens (including phenoxy) is 3. The van der Waals surface area contributed by atoms with Gasteiger partial charge in [0, 0.05) is 25.2 Å². The molecule has 0 fully saturated rings. The largest absolute Gasteiger partial charge is 0.497 e. The third-order valence-electron chi connectivity index (χ3n) is 8.89. The molecule has 4 aromatic carbocycles. The van der Waals surface area contributed by atoms with Crippen molar-refractivity contribution < 1.29 is 14.2 Å². The zero-order valence-electron chi connectivity index (χ0n) is 24.6. The van der Waals surface area contributed by atoms with Crippen LogP contribution in [0.4, 0.5) is 0 Å². The van der Waals surface area contributed by atoms with Crippen molar-refractivity contribution in [2.45, 2.75) is 37.8 Å². The van der Waals surface area contributed by atoms with Gasteiger partial charge in [-0.25, -0.2) is 0 Å². The standard InChI is InChI=1S/C36H40N2O3/c1-37-19-17-27-23-31(39-3)13-15-33(27)35(37)21-25-5-9-29(10-6-25)41-30-11-7-26(8-12-30)22-36-34-16-14-32(40-4)24-28(34)18-20-38(36)2/h5-16,23-24,35-36H,17-22H2,1-4H3. The van der Waals surface area contributed by atoms with Crippen molar-refractivity contribution in [3.8, 4) is 23.0 Å². The molecule has 2 atom stereocenters. The number of rotatable bonds is 8. The van der Waals surface area contributed by atoms with E-state index in [1.54, 1.807) is 14.2 Å². The summed E-state index contributed by atoms with van der Waals surface area (Å²) < 4.78 is 17.1. The maximum absolute atomic E-state index is 6.23. The maximum atomic E-state index is 6.23. The number of likely N-dealkylation sites (N-methyl/N-ethyl adjacent to an activating group) is 2. The van der Waals surface area contributed by atoms with Gasteiger partial charge in [-0.3, -0.25) is 9.80 Å². The zero-order chi connectivity index (χ0) is 28.3. The van der Waals surface area contributed by atoms with E-state index in [9.17, 15) is 0 Å². The Kier molecular flexibility index (Phi) is 8.00. The van der Waals surface area contributed by atoms with Crippen molar-refractivity contribution in [1.82, 2.24) is 9.80 Å². The lowest BCUT2D eigenvalue weighted by Gasteiger charge is -2.35. The molecular weight excluding hydrogens is 508 g/mol. The molecule has 0 saturated carbocycles. The summed E-state index contributed by atoms with van der Waals surface area (Å²) in [4.78, 5) is 4.92. The minimum Gasteiger partial charge on any atom is -0.497 e. The first kappa shape index (κ1) is 27.4.